The molecular formula is C15H16N6O2S. The molecule has 1 aliphatic rings. The normalized spacial score (nSPS) is 15.2. The summed E-state index contributed by atoms with van der Waals surface area (Å²) in [5, 5.41) is 15.5. The first-order valence-corrected chi connectivity index (χ1v) is 8.56. The lowest BCUT2D eigenvalue weighted by Crippen LogP contribution is -2.38. The SMILES string of the molecule is O=C(NCc1nc(-c2ccco2)n[nH]1)N[C@@H](c1nccs1)C1CC1. The molecule has 1 atom stereocenters. The van der Waals surface area contributed by atoms with E-state index >= 15 is 0 Å². The third-order valence-electron chi connectivity index (χ3n) is 3.79. The number of hydrogen-bond donors (Lipinski definition) is 3. The first kappa shape index (κ1) is 14.9. The van der Waals surface area contributed by atoms with Crippen LogP contribution < -0.4 is 10.6 Å². The molecule has 0 aromatic carbocycles. The Bertz CT molecular complexity index is 794. The molecule has 24 heavy (non-hydrogen) atoms. The molecule has 124 valence electrons. The molecule has 0 saturated heterocycles. The molecule has 0 aliphatic heterocycles. The molecule has 3 heterocycles. The van der Waals surface area contributed by atoms with Gasteiger partial charge in [0.1, 0.15) is 10.8 Å². The summed E-state index contributed by atoms with van der Waals surface area (Å²) in [4.78, 5) is 20.8. The van der Waals surface area contributed by atoms with Crippen LogP contribution in [0.5, 0.6) is 0 Å². The van der Waals surface area contributed by atoms with Gasteiger partial charge in [-0.25, -0.2) is 14.8 Å². The summed E-state index contributed by atoms with van der Waals surface area (Å²) in [7, 11) is 0. The van der Waals surface area contributed by atoms with Crippen molar-refractivity contribution in [2.75, 3.05) is 0 Å². The van der Waals surface area contributed by atoms with Gasteiger partial charge in [-0.05, 0) is 30.9 Å². The second-order valence-electron chi connectivity index (χ2n) is 5.60. The van der Waals surface area contributed by atoms with Crippen LogP contribution in [0.2, 0.25) is 0 Å². The molecular weight excluding hydrogens is 328 g/mol. The Kier molecular flexibility index (Phi) is 3.99. The predicted octanol–water partition coefficient (Wildman–Crippen LogP) is 2.47. The first-order chi connectivity index (χ1) is 11.8. The third kappa shape index (κ3) is 3.30. The smallest absolute Gasteiger partial charge is 0.315 e. The van der Waals surface area contributed by atoms with Gasteiger partial charge >= 0.3 is 6.03 Å². The minimum Gasteiger partial charge on any atom is -0.461 e. The van der Waals surface area contributed by atoms with Crippen molar-refractivity contribution >= 4 is 17.4 Å². The number of carbonyl (C=O) groups is 1. The zero-order valence-electron chi connectivity index (χ0n) is 12.7. The number of rotatable bonds is 6. The van der Waals surface area contributed by atoms with Crippen LogP contribution >= 0.6 is 11.3 Å². The average Bonchev–Trinajstić information content (AvgIpc) is 3.07. The summed E-state index contributed by atoms with van der Waals surface area (Å²) in [5.41, 5.74) is 0. The summed E-state index contributed by atoms with van der Waals surface area (Å²) >= 11 is 1.57. The predicted molar refractivity (Wildman–Crippen MR) is 87.0 cm³/mol. The topological polar surface area (TPSA) is 109 Å². The van der Waals surface area contributed by atoms with Gasteiger partial charge in [-0.2, -0.15) is 0 Å². The minimum atomic E-state index is -0.238. The van der Waals surface area contributed by atoms with E-state index in [0.29, 0.717) is 23.3 Å². The number of carbonyl (C=O) groups excluding carboxylic acids is 1. The van der Waals surface area contributed by atoms with Crippen molar-refractivity contribution < 1.29 is 9.21 Å². The quantitative estimate of drug-likeness (QED) is 0.636. The molecule has 1 fully saturated rings. The molecule has 3 aromatic heterocycles. The number of nitrogens with one attached hydrogen (secondary N) is 3. The van der Waals surface area contributed by atoms with Crippen LogP contribution in [0.3, 0.4) is 0 Å². The highest BCUT2D eigenvalue weighted by molar-refractivity contribution is 7.09. The van der Waals surface area contributed by atoms with E-state index in [2.05, 4.69) is 30.8 Å². The second kappa shape index (κ2) is 6.44. The summed E-state index contributed by atoms with van der Waals surface area (Å²) in [6.45, 7) is 0.259. The number of nitrogens with zero attached hydrogens (tertiary/aromatic N) is 3. The molecule has 8 nitrogen and oxygen atoms in total. The van der Waals surface area contributed by atoms with Gasteiger partial charge in [0.2, 0.25) is 5.82 Å². The van der Waals surface area contributed by atoms with E-state index in [4.69, 9.17) is 4.42 Å². The maximum absolute atomic E-state index is 12.2. The van der Waals surface area contributed by atoms with Crippen molar-refractivity contribution in [2.45, 2.75) is 25.4 Å². The van der Waals surface area contributed by atoms with Crippen LogP contribution in [-0.4, -0.2) is 26.2 Å². The fourth-order valence-corrected chi connectivity index (χ4v) is 3.23. The molecule has 0 unspecified atom stereocenters. The Morgan fingerprint density at radius 1 is 1.50 bits per heavy atom. The van der Waals surface area contributed by atoms with Crippen molar-refractivity contribution in [1.82, 2.24) is 30.8 Å². The fraction of sp³-hybridized carbons (Fsp3) is 0.333. The third-order valence-corrected chi connectivity index (χ3v) is 4.65. The maximum Gasteiger partial charge on any atom is 0.315 e. The minimum absolute atomic E-state index is 0.0154. The average molecular weight is 344 g/mol. The lowest BCUT2D eigenvalue weighted by Gasteiger charge is -2.16. The van der Waals surface area contributed by atoms with Crippen molar-refractivity contribution in [3.63, 3.8) is 0 Å². The second-order valence-corrected chi connectivity index (χ2v) is 6.52. The summed E-state index contributed by atoms with van der Waals surface area (Å²) in [5.74, 6) is 2.10. The number of aromatic amines is 1. The number of amides is 2. The van der Waals surface area contributed by atoms with E-state index in [-0.39, 0.29) is 18.6 Å². The Hall–Kier alpha value is -2.68. The molecule has 2 amide bonds. The van der Waals surface area contributed by atoms with Crippen LogP contribution in [-0.2, 0) is 6.54 Å². The Morgan fingerprint density at radius 2 is 2.42 bits per heavy atom. The zero-order chi connectivity index (χ0) is 16.4. The molecule has 1 saturated carbocycles. The van der Waals surface area contributed by atoms with Gasteiger partial charge in [0.15, 0.2) is 5.76 Å². The molecule has 9 heteroatoms. The van der Waals surface area contributed by atoms with Gasteiger partial charge < -0.3 is 15.1 Å². The van der Waals surface area contributed by atoms with E-state index in [1.165, 1.54) is 0 Å². The highest BCUT2D eigenvalue weighted by Gasteiger charge is 2.34. The van der Waals surface area contributed by atoms with Gasteiger partial charge in [0.25, 0.3) is 0 Å². The van der Waals surface area contributed by atoms with Crippen molar-refractivity contribution in [3.8, 4) is 11.6 Å². The van der Waals surface area contributed by atoms with Crippen molar-refractivity contribution in [2.24, 2.45) is 5.92 Å². The van der Waals surface area contributed by atoms with E-state index in [1.807, 2.05) is 5.38 Å². The molecule has 3 aromatic rings. The Morgan fingerprint density at radius 3 is 3.12 bits per heavy atom. The first-order valence-electron chi connectivity index (χ1n) is 7.68. The molecule has 1 aliphatic carbocycles. The zero-order valence-corrected chi connectivity index (χ0v) is 13.5. The van der Waals surface area contributed by atoms with Crippen LogP contribution in [0.1, 0.15) is 29.7 Å². The molecule has 0 radical (unpaired) electrons. The van der Waals surface area contributed by atoms with Gasteiger partial charge in [-0.1, -0.05) is 0 Å². The van der Waals surface area contributed by atoms with Gasteiger partial charge in [-0.3, -0.25) is 5.10 Å². The van der Waals surface area contributed by atoms with E-state index in [0.717, 1.165) is 17.8 Å². The highest BCUT2D eigenvalue weighted by Crippen LogP contribution is 2.41. The monoisotopic (exact) mass is 344 g/mol. The lowest BCUT2D eigenvalue weighted by atomic mass is 10.2. The van der Waals surface area contributed by atoms with Crippen molar-refractivity contribution in [1.29, 1.82) is 0 Å². The molecule has 4 rings (SSSR count). The molecule has 0 bridgehead atoms. The Labute approximate surface area is 141 Å². The standard InChI is InChI=1S/C15H16N6O2S/c22-15(19-12(9-3-4-9)14-16-5-7-24-14)17-8-11-18-13(21-20-11)10-2-1-6-23-10/h1-2,5-7,9,12H,3-4,8H2,(H2,17,19,22)(H,18,20,21)/t12-/m1/s1. The van der Waals surface area contributed by atoms with Crippen LogP contribution in [0.15, 0.2) is 34.4 Å². The number of furan rings is 1. The number of thiazole rings is 1. The van der Waals surface area contributed by atoms with Gasteiger partial charge in [0, 0.05) is 11.6 Å². The summed E-state index contributed by atoms with van der Waals surface area (Å²) < 4.78 is 5.24. The molecule has 0 spiro atoms. The number of urea groups is 1. The van der Waals surface area contributed by atoms with Crippen LogP contribution in [0.25, 0.3) is 11.6 Å². The highest BCUT2D eigenvalue weighted by atomic mass is 32.1. The van der Waals surface area contributed by atoms with E-state index in [9.17, 15) is 4.79 Å². The number of hydrogen-bond acceptors (Lipinski definition) is 6. The van der Waals surface area contributed by atoms with E-state index in [1.54, 1.807) is 35.9 Å². The maximum atomic E-state index is 12.2. The van der Waals surface area contributed by atoms with Crippen LogP contribution in [0, 0.1) is 5.92 Å². The lowest BCUT2D eigenvalue weighted by molar-refractivity contribution is 0.235. The number of aromatic nitrogens is 4. The summed E-state index contributed by atoms with van der Waals surface area (Å²) in [6.07, 6.45) is 5.58. The fourth-order valence-electron chi connectivity index (χ4n) is 2.45. The van der Waals surface area contributed by atoms with Gasteiger partial charge in [-0.15, -0.1) is 16.4 Å². The largest absolute Gasteiger partial charge is 0.461 e. The Balaban J connectivity index is 1.33. The van der Waals surface area contributed by atoms with E-state index < -0.39 is 0 Å². The summed E-state index contributed by atoms with van der Waals surface area (Å²) in [6, 6.07) is 3.30. The molecule has 3 N–H and O–H groups in total. The van der Waals surface area contributed by atoms with Gasteiger partial charge in [0.05, 0.1) is 18.8 Å². The van der Waals surface area contributed by atoms with Crippen LogP contribution in [0.4, 0.5) is 4.79 Å². The van der Waals surface area contributed by atoms with Crippen molar-refractivity contribution in [3.05, 3.63) is 40.8 Å². The number of H-pyrrole nitrogens is 1.